The molecule has 24 heavy (non-hydrogen) atoms. The van der Waals surface area contributed by atoms with Crippen molar-refractivity contribution in [2.75, 3.05) is 5.32 Å². The van der Waals surface area contributed by atoms with Gasteiger partial charge in [0.15, 0.2) is 0 Å². The minimum Gasteiger partial charge on any atom is -0.307 e. The molecule has 2 aromatic carbocycles. The van der Waals surface area contributed by atoms with Crippen molar-refractivity contribution in [2.24, 2.45) is 0 Å². The highest BCUT2D eigenvalue weighted by atomic mass is 35.5. The van der Waals surface area contributed by atoms with Gasteiger partial charge in [-0.1, -0.05) is 35.9 Å². The van der Waals surface area contributed by atoms with Crippen molar-refractivity contribution in [3.63, 3.8) is 0 Å². The summed E-state index contributed by atoms with van der Waals surface area (Å²) in [5.74, 6) is 0.260. The zero-order valence-corrected chi connectivity index (χ0v) is 13.4. The van der Waals surface area contributed by atoms with Crippen molar-refractivity contribution in [3.05, 3.63) is 82.5 Å². The minimum atomic E-state index is -0.298. The van der Waals surface area contributed by atoms with Gasteiger partial charge in [-0.15, -0.1) is 0 Å². The minimum absolute atomic E-state index is 0.298. The number of rotatable bonds is 4. The molecular weight excluding hydrogens is 324 g/mol. The third kappa shape index (κ3) is 3.45. The average molecular weight is 337 g/mol. The molecule has 118 valence electrons. The zero-order valence-electron chi connectivity index (χ0n) is 12.6. The van der Waals surface area contributed by atoms with Crippen LogP contribution >= 0.6 is 11.6 Å². The molecule has 5 nitrogen and oxygen atoms in total. The molecule has 1 aromatic heterocycles. The number of nitriles is 1. The maximum Gasteiger partial charge on any atom is 0.256 e. The summed E-state index contributed by atoms with van der Waals surface area (Å²) in [6.45, 7) is 0.445. The highest BCUT2D eigenvalue weighted by Crippen LogP contribution is 2.18. The molecule has 1 N–H and O–H groups in total. The van der Waals surface area contributed by atoms with E-state index in [4.69, 9.17) is 16.9 Å². The Hall–Kier alpha value is -3.10. The summed E-state index contributed by atoms with van der Waals surface area (Å²) in [6, 6.07) is 17.7. The van der Waals surface area contributed by atoms with Crippen molar-refractivity contribution >= 4 is 23.3 Å². The van der Waals surface area contributed by atoms with Crippen LogP contribution in [0.25, 0.3) is 0 Å². The lowest BCUT2D eigenvalue weighted by atomic mass is 10.1. The molecule has 0 bridgehead atoms. The van der Waals surface area contributed by atoms with Crippen LogP contribution in [0.2, 0.25) is 5.02 Å². The second kappa shape index (κ2) is 6.99. The van der Waals surface area contributed by atoms with E-state index in [1.165, 1.54) is 0 Å². The van der Waals surface area contributed by atoms with Gasteiger partial charge in [-0.25, -0.2) is 4.68 Å². The zero-order chi connectivity index (χ0) is 16.9. The lowest BCUT2D eigenvalue weighted by Crippen LogP contribution is -2.16. The largest absolute Gasteiger partial charge is 0.307 e. The fraction of sp³-hybridized carbons (Fsp3) is 0.0556. The Balaban J connectivity index is 1.79. The summed E-state index contributed by atoms with van der Waals surface area (Å²) in [5, 5.41) is 16.6. The summed E-state index contributed by atoms with van der Waals surface area (Å²) in [7, 11) is 0. The number of halogens is 1. The number of hydrogen-bond acceptors (Lipinski definition) is 3. The molecule has 1 heterocycles. The van der Waals surface area contributed by atoms with Gasteiger partial charge >= 0.3 is 0 Å². The summed E-state index contributed by atoms with van der Waals surface area (Å²) in [6.07, 6.45) is 1.61. The average Bonchev–Trinajstić information content (AvgIpc) is 3.04. The Morgan fingerprint density at radius 3 is 2.83 bits per heavy atom. The van der Waals surface area contributed by atoms with E-state index in [2.05, 4.69) is 10.4 Å². The molecule has 0 spiro atoms. The Kier molecular flexibility index (Phi) is 4.59. The maximum absolute atomic E-state index is 12.4. The third-order valence-electron chi connectivity index (χ3n) is 3.49. The summed E-state index contributed by atoms with van der Waals surface area (Å²) < 4.78 is 1.66. The number of benzene rings is 2. The van der Waals surface area contributed by atoms with Crippen molar-refractivity contribution < 1.29 is 4.79 Å². The number of anilines is 1. The predicted octanol–water partition coefficient (Wildman–Crippen LogP) is 3.71. The molecule has 0 atom stereocenters. The molecule has 0 radical (unpaired) electrons. The molecule has 0 aliphatic rings. The number of amides is 1. The smallest absolute Gasteiger partial charge is 0.256 e. The molecule has 6 heteroatoms. The van der Waals surface area contributed by atoms with Crippen molar-refractivity contribution in [2.45, 2.75) is 6.54 Å². The van der Waals surface area contributed by atoms with Crippen LogP contribution in [0.15, 0.2) is 60.8 Å². The molecule has 3 aromatic rings. The lowest BCUT2D eigenvalue weighted by molar-refractivity contribution is 0.102. The van der Waals surface area contributed by atoms with E-state index in [1.807, 2.05) is 30.3 Å². The van der Waals surface area contributed by atoms with Gasteiger partial charge in [-0.05, 0) is 29.8 Å². The van der Waals surface area contributed by atoms with E-state index >= 15 is 0 Å². The molecular formula is C18H13ClN4O. The van der Waals surface area contributed by atoms with Gasteiger partial charge in [-0.2, -0.15) is 10.4 Å². The highest BCUT2D eigenvalue weighted by Gasteiger charge is 2.11. The van der Waals surface area contributed by atoms with Gasteiger partial charge in [0.1, 0.15) is 5.82 Å². The standard InChI is InChI=1S/C18H13ClN4O/c19-16-7-2-1-5-15(16)12-23-17(8-9-21-23)22-18(24)14-6-3-4-13(10-14)11-20/h1-10H,12H2,(H,22,24). The monoisotopic (exact) mass is 336 g/mol. The number of nitrogens with zero attached hydrogens (tertiary/aromatic N) is 3. The number of hydrogen-bond donors (Lipinski definition) is 1. The lowest BCUT2D eigenvalue weighted by Gasteiger charge is -2.10. The normalized spacial score (nSPS) is 10.2. The van der Waals surface area contributed by atoms with Gasteiger partial charge < -0.3 is 5.32 Å². The number of aromatic nitrogens is 2. The molecule has 0 aliphatic heterocycles. The first-order valence-corrected chi connectivity index (χ1v) is 7.62. The molecule has 0 fully saturated rings. The van der Waals surface area contributed by atoms with Crippen LogP contribution in [0, 0.1) is 11.3 Å². The number of carbonyl (C=O) groups is 1. The molecule has 0 saturated carbocycles. The van der Waals surface area contributed by atoms with E-state index in [-0.39, 0.29) is 5.91 Å². The second-order valence-electron chi connectivity index (χ2n) is 5.11. The van der Waals surface area contributed by atoms with Crippen molar-refractivity contribution in [3.8, 4) is 6.07 Å². The van der Waals surface area contributed by atoms with Crippen molar-refractivity contribution in [1.82, 2.24) is 9.78 Å². The van der Waals surface area contributed by atoms with Gasteiger partial charge in [0.2, 0.25) is 0 Å². The molecule has 0 unspecified atom stereocenters. The van der Waals surface area contributed by atoms with Crippen molar-refractivity contribution in [1.29, 1.82) is 5.26 Å². The van der Waals surface area contributed by atoms with Gasteiger partial charge in [0, 0.05) is 16.7 Å². The van der Waals surface area contributed by atoms with Crippen LogP contribution in [0.3, 0.4) is 0 Å². The first-order chi connectivity index (χ1) is 11.7. The first-order valence-electron chi connectivity index (χ1n) is 7.24. The van der Waals surface area contributed by atoms with E-state index in [0.29, 0.717) is 28.5 Å². The highest BCUT2D eigenvalue weighted by molar-refractivity contribution is 6.31. The van der Waals surface area contributed by atoms with E-state index in [1.54, 1.807) is 41.2 Å². The summed E-state index contributed by atoms with van der Waals surface area (Å²) >= 11 is 6.17. The van der Waals surface area contributed by atoms with Crippen LogP contribution in [0.5, 0.6) is 0 Å². The maximum atomic E-state index is 12.4. The Morgan fingerprint density at radius 1 is 1.21 bits per heavy atom. The van der Waals surface area contributed by atoms with Crippen LogP contribution in [-0.2, 0) is 6.54 Å². The molecule has 0 saturated heterocycles. The molecule has 0 aliphatic carbocycles. The van der Waals surface area contributed by atoms with E-state index < -0.39 is 0 Å². The summed E-state index contributed by atoms with van der Waals surface area (Å²) in [5.41, 5.74) is 1.76. The van der Waals surface area contributed by atoms with Gasteiger partial charge in [0.05, 0.1) is 24.4 Å². The Labute approximate surface area is 144 Å². The topological polar surface area (TPSA) is 70.7 Å². The second-order valence-corrected chi connectivity index (χ2v) is 5.52. The fourth-order valence-corrected chi connectivity index (χ4v) is 2.47. The van der Waals surface area contributed by atoms with Crippen LogP contribution in [-0.4, -0.2) is 15.7 Å². The predicted molar refractivity (Wildman–Crippen MR) is 91.9 cm³/mol. The van der Waals surface area contributed by atoms with Crippen LogP contribution < -0.4 is 5.32 Å². The van der Waals surface area contributed by atoms with E-state index in [0.717, 1.165) is 5.56 Å². The Bertz CT molecular complexity index is 927. The quantitative estimate of drug-likeness (QED) is 0.789. The SMILES string of the molecule is N#Cc1cccc(C(=O)Nc2ccnn2Cc2ccccc2Cl)c1. The van der Waals surface area contributed by atoms with Gasteiger partial charge in [0.25, 0.3) is 5.91 Å². The third-order valence-corrected chi connectivity index (χ3v) is 3.86. The van der Waals surface area contributed by atoms with Crippen LogP contribution in [0.4, 0.5) is 5.82 Å². The van der Waals surface area contributed by atoms with Gasteiger partial charge in [-0.3, -0.25) is 4.79 Å². The number of nitrogens with one attached hydrogen (secondary N) is 1. The molecule has 3 rings (SSSR count). The number of carbonyl (C=O) groups excluding carboxylic acids is 1. The fourth-order valence-electron chi connectivity index (χ4n) is 2.27. The summed E-state index contributed by atoms with van der Waals surface area (Å²) in [4.78, 5) is 12.4. The Morgan fingerprint density at radius 2 is 2.04 bits per heavy atom. The molecule has 1 amide bonds. The van der Waals surface area contributed by atoms with Crippen LogP contribution in [0.1, 0.15) is 21.5 Å². The van der Waals surface area contributed by atoms with E-state index in [9.17, 15) is 4.79 Å². The first kappa shape index (κ1) is 15.8.